The van der Waals surface area contributed by atoms with E-state index in [1.807, 2.05) is 6.07 Å². The zero-order chi connectivity index (χ0) is 10.3. The molecule has 2 rings (SSSR count). The predicted octanol–water partition coefficient (Wildman–Crippen LogP) is 2.78. The Balaban J connectivity index is 1.73. The summed E-state index contributed by atoms with van der Waals surface area (Å²) >= 11 is 0. The maximum atomic E-state index is 4.12. The lowest BCUT2D eigenvalue weighted by Gasteiger charge is -2.12. The molecule has 0 aromatic carbocycles. The van der Waals surface area contributed by atoms with Crippen LogP contribution in [-0.4, -0.2) is 16.5 Å². The van der Waals surface area contributed by atoms with E-state index >= 15 is 0 Å². The molecule has 1 aliphatic rings. The molecule has 0 saturated carbocycles. The monoisotopic (exact) mass is 203 g/mol. The van der Waals surface area contributed by atoms with E-state index in [4.69, 9.17) is 0 Å². The van der Waals surface area contributed by atoms with Crippen LogP contribution in [0.2, 0.25) is 0 Å². The van der Waals surface area contributed by atoms with Crippen molar-refractivity contribution in [2.45, 2.75) is 32.1 Å². The van der Waals surface area contributed by atoms with E-state index in [1.54, 1.807) is 18.1 Å². The molecule has 1 aromatic heterocycles. The molecule has 1 N–H and O–H groups in total. The highest BCUT2D eigenvalue weighted by atomic mass is 15.0. The first-order valence-corrected chi connectivity index (χ1v) is 5.63. The normalized spacial score (nSPS) is 15.9. The smallest absolute Gasteiger partial charge is 0.129 e. The number of rotatable bonds is 4. The summed E-state index contributed by atoms with van der Waals surface area (Å²) in [6, 6.07) is 1.90. The van der Waals surface area contributed by atoms with Gasteiger partial charge in [-0.15, -0.1) is 0 Å². The second-order valence-corrected chi connectivity index (χ2v) is 3.88. The third-order valence-corrected chi connectivity index (χ3v) is 2.72. The van der Waals surface area contributed by atoms with E-state index in [0.29, 0.717) is 0 Å². The Morgan fingerprint density at radius 1 is 1.33 bits per heavy atom. The largest absolute Gasteiger partial charge is 0.370 e. The van der Waals surface area contributed by atoms with E-state index in [2.05, 4.69) is 21.4 Å². The fourth-order valence-electron chi connectivity index (χ4n) is 1.88. The molecule has 3 heteroatoms. The summed E-state index contributed by atoms with van der Waals surface area (Å²) in [5, 5.41) is 3.30. The summed E-state index contributed by atoms with van der Waals surface area (Å²) in [4.78, 5) is 8.00. The van der Waals surface area contributed by atoms with Gasteiger partial charge in [-0.05, 0) is 38.2 Å². The molecule has 0 aliphatic heterocycles. The molecule has 0 atom stereocenters. The molecule has 0 amide bonds. The average Bonchev–Trinajstić information content (AvgIpc) is 2.32. The van der Waals surface area contributed by atoms with Gasteiger partial charge in [-0.25, -0.2) is 9.97 Å². The first-order chi connectivity index (χ1) is 7.45. The van der Waals surface area contributed by atoms with Crippen LogP contribution in [0.4, 0.5) is 5.82 Å². The number of hydrogen-bond donors (Lipinski definition) is 1. The molecule has 1 aliphatic carbocycles. The van der Waals surface area contributed by atoms with Gasteiger partial charge in [0, 0.05) is 12.7 Å². The van der Waals surface area contributed by atoms with E-state index < -0.39 is 0 Å². The van der Waals surface area contributed by atoms with Crippen molar-refractivity contribution in [2.75, 3.05) is 11.9 Å². The van der Waals surface area contributed by atoms with Crippen LogP contribution in [0.1, 0.15) is 32.1 Å². The molecule has 0 unspecified atom stereocenters. The predicted molar refractivity (Wildman–Crippen MR) is 61.7 cm³/mol. The molecular formula is C12H17N3. The summed E-state index contributed by atoms with van der Waals surface area (Å²) in [5.74, 6) is 0.918. The number of aromatic nitrogens is 2. The molecule has 0 radical (unpaired) electrons. The minimum absolute atomic E-state index is 0.918. The summed E-state index contributed by atoms with van der Waals surface area (Å²) in [7, 11) is 0. The molecule has 1 aromatic rings. The summed E-state index contributed by atoms with van der Waals surface area (Å²) in [6.07, 6.45) is 12.1. The van der Waals surface area contributed by atoms with Crippen molar-refractivity contribution in [1.29, 1.82) is 0 Å². The molecule has 3 nitrogen and oxygen atoms in total. The molecule has 0 saturated heterocycles. The van der Waals surface area contributed by atoms with Crippen molar-refractivity contribution >= 4 is 5.82 Å². The molecular weight excluding hydrogens is 186 g/mol. The highest BCUT2D eigenvalue weighted by molar-refractivity contribution is 5.31. The van der Waals surface area contributed by atoms with Crippen LogP contribution in [0, 0.1) is 0 Å². The van der Waals surface area contributed by atoms with Crippen LogP contribution >= 0.6 is 0 Å². The van der Waals surface area contributed by atoms with E-state index in [9.17, 15) is 0 Å². The number of hydrogen-bond acceptors (Lipinski definition) is 3. The highest BCUT2D eigenvalue weighted by Crippen LogP contribution is 2.19. The number of nitrogens with one attached hydrogen (secondary N) is 1. The molecule has 0 spiro atoms. The summed E-state index contributed by atoms with van der Waals surface area (Å²) < 4.78 is 0. The quantitative estimate of drug-likeness (QED) is 0.765. The van der Waals surface area contributed by atoms with Gasteiger partial charge in [-0.1, -0.05) is 11.6 Å². The van der Waals surface area contributed by atoms with Gasteiger partial charge in [-0.3, -0.25) is 0 Å². The second-order valence-electron chi connectivity index (χ2n) is 3.88. The van der Waals surface area contributed by atoms with Crippen LogP contribution in [-0.2, 0) is 0 Å². The maximum absolute atomic E-state index is 4.12. The zero-order valence-corrected chi connectivity index (χ0v) is 8.95. The Kier molecular flexibility index (Phi) is 3.71. The minimum atomic E-state index is 0.918. The van der Waals surface area contributed by atoms with Gasteiger partial charge < -0.3 is 5.32 Å². The fourth-order valence-corrected chi connectivity index (χ4v) is 1.88. The Morgan fingerprint density at radius 3 is 3.07 bits per heavy atom. The number of nitrogens with zero attached hydrogens (tertiary/aromatic N) is 2. The van der Waals surface area contributed by atoms with Crippen molar-refractivity contribution in [2.24, 2.45) is 0 Å². The van der Waals surface area contributed by atoms with Crippen molar-refractivity contribution in [3.63, 3.8) is 0 Å². The van der Waals surface area contributed by atoms with Crippen molar-refractivity contribution < 1.29 is 0 Å². The van der Waals surface area contributed by atoms with Gasteiger partial charge >= 0.3 is 0 Å². The van der Waals surface area contributed by atoms with Crippen molar-refractivity contribution in [3.05, 3.63) is 30.2 Å². The summed E-state index contributed by atoms with van der Waals surface area (Å²) in [5.41, 5.74) is 1.60. The van der Waals surface area contributed by atoms with Gasteiger partial charge in [0.25, 0.3) is 0 Å². The summed E-state index contributed by atoms with van der Waals surface area (Å²) in [6.45, 7) is 0.975. The third-order valence-electron chi connectivity index (χ3n) is 2.72. The number of allylic oxidation sites excluding steroid dienone is 1. The van der Waals surface area contributed by atoms with E-state index in [1.165, 1.54) is 25.7 Å². The van der Waals surface area contributed by atoms with Crippen molar-refractivity contribution in [3.8, 4) is 0 Å². The van der Waals surface area contributed by atoms with Crippen molar-refractivity contribution in [1.82, 2.24) is 9.97 Å². The van der Waals surface area contributed by atoms with Gasteiger partial charge in [0.2, 0.25) is 0 Å². The Morgan fingerprint density at radius 2 is 2.33 bits per heavy atom. The van der Waals surface area contributed by atoms with Gasteiger partial charge in [0.1, 0.15) is 12.1 Å². The molecule has 1 heterocycles. The van der Waals surface area contributed by atoms with Crippen LogP contribution in [0.15, 0.2) is 30.2 Å². The van der Waals surface area contributed by atoms with E-state index in [-0.39, 0.29) is 0 Å². The Labute approximate surface area is 90.6 Å². The van der Waals surface area contributed by atoms with Crippen LogP contribution < -0.4 is 5.32 Å². The third kappa shape index (κ3) is 3.35. The second kappa shape index (κ2) is 5.49. The van der Waals surface area contributed by atoms with Gasteiger partial charge in [0.05, 0.1) is 0 Å². The molecule has 15 heavy (non-hydrogen) atoms. The lowest BCUT2D eigenvalue weighted by molar-refractivity contribution is 0.679. The van der Waals surface area contributed by atoms with Crippen LogP contribution in [0.3, 0.4) is 0 Å². The molecule has 0 bridgehead atoms. The van der Waals surface area contributed by atoms with Crippen LogP contribution in [0.5, 0.6) is 0 Å². The number of anilines is 1. The first kappa shape index (κ1) is 10.1. The standard InChI is InChI=1S/C12H17N3/c1-2-4-11(5-3-1)6-9-14-12-7-8-13-10-15-12/h4,7-8,10H,1-3,5-6,9H2,(H,13,14,15). The van der Waals surface area contributed by atoms with Gasteiger partial charge in [0.15, 0.2) is 0 Å². The lowest BCUT2D eigenvalue weighted by Crippen LogP contribution is -2.05. The highest BCUT2D eigenvalue weighted by Gasteiger charge is 2.02. The lowest BCUT2D eigenvalue weighted by atomic mass is 9.97. The average molecular weight is 203 g/mol. The maximum Gasteiger partial charge on any atom is 0.129 e. The fraction of sp³-hybridized carbons (Fsp3) is 0.500. The van der Waals surface area contributed by atoms with E-state index in [0.717, 1.165) is 18.8 Å². The zero-order valence-electron chi connectivity index (χ0n) is 8.95. The topological polar surface area (TPSA) is 37.8 Å². The minimum Gasteiger partial charge on any atom is -0.370 e. The van der Waals surface area contributed by atoms with Gasteiger partial charge in [-0.2, -0.15) is 0 Å². The molecule has 0 fully saturated rings. The Hall–Kier alpha value is -1.38. The van der Waals surface area contributed by atoms with Crippen LogP contribution in [0.25, 0.3) is 0 Å². The molecule has 80 valence electrons. The SMILES string of the molecule is C1=C(CCNc2ccncn2)CCCC1. The Bertz CT molecular complexity index is 319. The first-order valence-electron chi connectivity index (χ1n) is 5.63.